The Bertz CT molecular complexity index is 205. The van der Waals surface area contributed by atoms with Crippen molar-refractivity contribution in [3.8, 4) is 0 Å². The third-order valence-electron chi connectivity index (χ3n) is 3.47. The van der Waals surface area contributed by atoms with Gasteiger partial charge in [-0.3, -0.25) is 4.90 Å². The van der Waals surface area contributed by atoms with Crippen LogP contribution in [-0.2, 0) is 4.74 Å². The number of hydrogen-bond donors (Lipinski definition) is 1. The standard InChI is InChI=1S/C11H21NO2/c1-11(2)4-5-12(8-11)9-7-14-6-3-10(9)13/h9-10,13H,3-8H2,1-2H3. The van der Waals surface area contributed by atoms with Crippen molar-refractivity contribution < 1.29 is 9.84 Å². The van der Waals surface area contributed by atoms with Crippen molar-refractivity contribution in [2.45, 2.75) is 38.8 Å². The van der Waals surface area contributed by atoms with Gasteiger partial charge in [-0.25, -0.2) is 0 Å². The average Bonchev–Trinajstić information content (AvgIpc) is 2.47. The SMILES string of the molecule is CC1(C)CCN(C2COCCC2O)C1. The molecule has 0 bridgehead atoms. The molecule has 2 unspecified atom stereocenters. The molecule has 2 aliphatic rings. The molecule has 2 aliphatic heterocycles. The summed E-state index contributed by atoms with van der Waals surface area (Å²) in [4.78, 5) is 2.39. The average molecular weight is 199 g/mol. The van der Waals surface area contributed by atoms with Gasteiger partial charge in [0.15, 0.2) is 0 Å². The molecule has 0 aliphatic carbocycles. The van der Waals surface area contributed by atoms with Crippen molar-refractivity contribution in [1.29, 1.82) is 0 Å². The number of hydrogen-bond acceptors (Lipinski definition) is 3. The molecule has 2 rings (SSSR count). The van der Waals surface area contributed by atoms with Gasteiger partial charge in [0.05, 0.1) is 18.8 Å². The summed E-state index contributed by atoms with van der Waals surface area (Å²) in [6.45, 7) is 8.22. The first-order valence-corrected chi connectivity index (χ1v) is 5.58. The number of aliphatic hydroxyl groups excluding tert-OH is 1. The Kier molecular flexibility index (Phi) is 2.82. The second-order valence-corrected chi connectivity index (χ2v) is 5.38. The van der Waals surface area contributed by atoms with E-state index < -0.39 is 0 Å². The van der Waals surface area contributed by atoms with Crippen LogP contribution in [0.15, 0.2) is 0 Å². The van der Waals surface area contributed by atoms with Gasteiger partial charge in [0.25, 0.3) is 0 Å². The molecule has 14 heavy (non-hydrogen) atoms. The van der Waals surface area contributed by atoms with Crippen LogP contribution < -0.4 is 0 Å². The molecule has 0 aromatic rings. The minimum Gasteiger partial charge on any atom is -0.391 e. The molecule has 3 nitrogen and oxygen atoms in total. The molecule has 0 spiro atoms. The largest absolute Gasteiger partial charge is 0.391 e. The van der Waals surface area contributed by atoms with Crippen LogP contribution in [0.1, 0.15) is 26.7 Å². The zero-order valence-corrected chi connectivity index (χ0v) is 9.20. The lowest BCUT2D eigenvalue weighted by molar-refractivity contribution is -0.0569. The van der Waals surface area contributed by atoms with E-state index in [1.807, 2.05) is 0 Å². The molecular formula is C11H21NO2. The lowest BCUT2D eigenvalue weighted by atomic mass is 9.93. The number of ether oxygens (including phenoxy) is 1. The number of rotatable bonds is 1. The smallest absolute Gasteiger partial charge is 0.0739 e. The first-order chi connectivity index (χ1) is 6.58. The van der Waals surface area contributed by atoms with Gasteiger partial charge >= 0.3 is 0 Å². The van der Waals surface area contributed by atoms with Crippen molar-refractivity contribution in [2.75, 3.05) is 26.3 Å². The van der Waals surface area contributed by atoms with Crippen molar-refractivity contribution >= 4 is 0 Å². The van der Waals surface area contributed by atoms with Gasteiger partial charge in [-0.05, 0) is 24.8 Å². The van der Waals surface area contributed by atoms with E-state index in [0.717, 1.165) is 26.1 Å². The van der Waals surface area contributed by atoms with Crippen molar-refractivity contribution in [2.24, 2.45) is 5.41 Å². The molecule has 0 radical (unpaired) electrons. The van der Waals surface area contributed by atoms with E-state index in [1.54, 1.807) is 0 Å². The van der Waals surface area contributed by atoms with E-state index in [9.17, 15) is 5.11 Å². The van der Waals surface area contributed by atoms with E-state index in [0.29, 0.717) is 12.0 Å². The zero-order valence-electron chi connectivity index (χ0n) is 9.20. The maximum Gasteiger partial charge on any atom is 0.0739 e. The highest BCUT2D eigenvalue weighted by Gasteiger charge is 2.37. The minimum atomic E-state index is -0.183. The molecule has 0 amide bonds. The van der Waals surface area contributed by atoms with Crippen LogP contribution in [0.5, 0.6) is 0 Å². The number of aliphatic hydroxyl groups is 1. The Morgan fingerprint density at radius 2 is 2.21 bits per heavy atom. The second-order valence-electron chi connectivity index (χ2n) is 5.38. The van der Waals surface area contributed by atoms with Gasteiger partial charge < -0.3 is 9.84 Å². The van der Waals surface area contributed by atoms with Crippen LogP contribution >= 0.6 is 0 Å². The first kappa shape index (κ1) is 10.4. The molecule has 82 valence electrons. The molecule has 2 saturated heterocycles. The predicted molar refractivity (Wildman–Crippen MR) is 55.2 cm³/mol. The van der Waals surface area contributed by atoms with Crippen LogP contribution in [-0.4, -0.2) is 48.5 Å². The molecule has 3 heteroatoms. The Balaban J connectivity index is 1.95. The highest BCUT2D eigenvalue weighted by atomic mass is 16.5. The summed E-state index contributed by atoms with van der Waals surface area (Å²) in [5.74, 6) is 0. The molecule has 2 atom stereocenters. The lowest BCUT2D eigenvalue weighted by Gasteiger charge is -2.35. The number of likely N-dealkylation sites (tertiary alicyclic amines) is 1. The summed E-state index contributed by atoms with van der Waals surface area (Å²) < 4.78 is 5.43. The van der Waals surface area contributed by atoms with Crippen LogP contribution in [0.25, 0.3) is 0 Å². The van der Waals surface area contributed by atoms with Crippen LogP contribution in [0.2, 0.25) is 0 Å². The second kappa shape index (κ2) is 3.80. The van der Waals surface area contributed by atoms with Gasteiger partial charge in [-0.15, -0.1) is 0 Å². The van der Waals surface area contributed by atoms with Crippen LogP contribution in [0, 0.1) is 5.41 Å². The van der Waals surface area contributed by atoms with Gasteiger partial charge in [0, 0.05) is 13.2 Å². The summed E-state index contributed by atoms with van der Waals surface area (Å²) in [5.41, 5.74) is 0.414. The molecule has 2 fully saturated rings. The third kappa shape index (κ3) is 2.10. The van der Waals surface area contributed by atoms with E-state index in [4.69, 9.17) is 4.74 Å². The van der Waals surface area contributed by atoms with E-state index in [-0.39, 0.29) is 12.1 Å². The van der Waals surface area contributed by atoms with Crippen molar-refractivity contribution in [3.63, 3.8) is 0 Å². The summed E-state index contributed by atoms with van der Waals surface area (Å²) >= 11 is 0. The highest BCUT2D eigenvalue weighted by Crippen LogP contribution is 2.31. The highest BCUT2D eigenvalue weighted by molar-refractivity contribution is 4.90. The third-order valence-corrected chi connectivity index (χ3v) is 3.47. The Morgan fingerprint density at radius 3 is 2.79 bits per heavy atom. The van der Waals surface area contributed by atoms with E-state index in [2.05, 4.69) is 18.7 Å². The minimum absolute atomic E-state index is 0.183. The topological polar surface area (TPSA) is 32.7 Å². The van der Waals surface area contributed by atoms with E-state index in [1.165, 1.54) is 6.42 Å². The predicted octanol–water partition coefficient (Wildman–Crippen LogP) is 0.868. The molecule has 0 aromatic carbocycles. The molecular weight excluding hydrogens is 178 g/mol. The Labute approximate surface area is 86.0 Å². The summed E-state index contributed by atoms with van der Waals surface area (Å²) in [6.07, 6.45) is 1.84. The van der Waals surface area contributed by atoms with E-state index >= 15 is 0 Å². The first-order valence-electron chi connectivity index (χ1n) is 5.58. The van der Waals surface area contributed by atoms with Gasteiger partial charge in [0.2, 0.25) is 0 Å². The zero-order chi connectivity index (χ0) is 10.2. The molecule has 2 heterocycles. The Hall–Kier alpha value is -0.120. The maximum absolute atomic E-state index is 9.88. The summed E-state index contributed by atoms with van der Waals surface area (Å²) in [7, 11) is 0. The van der Waals surface area contributed by atoms with Gasteiger partial charge in [-0.2, -0.15) is 0 Å². The fourth-order valence-electron chi connectivity index (χ4n) is 2.50. The Morgan fingerprint density at radius 1 is 1.43 bits per heavy atom. The molecule has 0 saturated carbocycles. The monoisotopic (exact) mass is 199 g/mol. The van der Waals surface area contributed by atoms with Crippen molar-refractivity contribution in [1.82, 2.24) is 4.90 Å². The quantitative estimate of drug-likeness (QED) is 0.680. The van der Waals surface area contributed by atoms with Crippen LogP contribution in [0.3, 0.4) is 0 Å². The van der Waals surface area contributed by atoms with Crippen molar-refractivity contribution in [3.05, 3.63) is 0 Å². The lowest BCUT2D eigenvalue weighted by Crippen LogP contribution is -2.49. The normalized spacial score (nSPS) is 38.8. The van der Waals surface area contributed by atoms with Crippen LogP contribution in [0.4, 0.5) is 0 Å². The van der Waals surface area contributed by atoms with Gasteiger partial charge in [0.1, 0.15) is 0 Å². The molecule has 1 N–H and O–H groups in total. The number of nitrogens with zero attached hydrogens (tertiary/aromatic N) is 1. The fourth-order valence-corrected chi connectivity index (χ4v) is 2.50. The van der Waals surface area contributed by atoms with Gasteiger partial charge in [-0.1, -0.05) is 13.8 Å². The molecule has 0 aromatic heterocycles. The fraction of sp³-hybridized carbons (Fsp3) is 1.00. The summed E-state index contributed by atoms with van der Waals surface area (Å²) in [6, 6.07) is 0.241. The summed E-state index contributed by atoms with van der Waals surface area (Å²) in [5, 5.41) is 9.88. The maximum atomic E-state index is 9.88.